The zero-order chi connectivity index (χ0) is 15.2. The highest BCUT2D eigenvalue weighted by molar-refractivity contribution is 5.89. The van der Waals surface area contributed by atoms with Gasteiger partial charge < -0.3 is 15.6 Å². The lowest BCUT2D eigenvalue weighted by atomic mass is 10.0. The van der Waals surface area contributed by atoms with Crippen LogP contribution >= 0.6 is 0 Å². The van der Waals surface area contributed by atoms with Crippen LogP contribution in [0.25, 0.3) is 10.9 Å². The highest BCUT2D eigenvalue weighted by atomic mass is 16.2. The van der Waals surface area contributed by atoms with Crippen LogP contribution < -0.4 is 10.6 Å². The first kappa shape index (κ1) is 14.8. The van der Waals surface area contributed by atoms with Gasteiger partial charge >= 0.3 is 0 Å². The Balaban J connectivity index is 2.19. The van der Waals surface area contributed by atoms with Crippen molar-refractivity contribution in [1.82, 2.24) is 15.6 Å². The number of benzene rings is 1. The Morgan fingerprint density at radius 1 is 1.38 bits per heavy atom. The van der Waals surface area contributed by atoms with Crippen molar-refractivity contribution in [2.75, 3.05) is 6.54 Å². The van der Waals surface area contributed by atoms with Crippen LogP contribution in [0.1, 0.15) is 12.5 Å². The topological polar surface area (TPSA) is 74.0 Å². The molecule has 0 aliphatic rings. The van der Waals surface area contributed by atoms with Gasteiger partial charge in [-0.1, -0.05) is 24.3 Å². The first-order chi connectivity index (χ1) is 10.1. The summed E-state index contributed by atoms with van der Waals surface area (Å²) in [7, 11) is 0. The van der Waals surface area contributed by atoms with E-state index in [1.807, 2.05) is 30.5 Å². The molecule has 5 heteroatoms. The second-order valence-electron chi connectivity index (χ2n) is 4.85. The maximum atomic E-state index is 12.1. The largest absolute Gasteiger partial charge is 0.361 e. The van der Waals surface area contributed by atoms with E-state index in [4.69, 9.17) is 0 Å². The number of fused-ring (bicyclic) bond motifs is 1. The molecule has 0 aliphatic carbocycles. The molecule has 21 heavy (non-hydrogen) atoms. The number of H-pyrrole nitrogens is 1. The molecule has 1 atom stereocenters. The van der Waals surface area contributed by atoms with Crippen LogP contribution in [0.2, 0.25) is 0 Å². The lowest BCUT2D eigenvalue weighted by Crippen LogP contribution is -2.47. The zero-order valence-electron chi connectivity index (χ0n) is 12.0. The van der Waals surface area contributed by atoms with E-state index in [1.165, 1.54) is 6.92 Å². The first-order valence-corrected chi connectivity index (χ1v) is 6.82. The number of amides is 2. The maximum absolute atomic E-state index is 12.1. The first-order valence-electron chi connectivity index (χ1n) is 6.82. The van der Waals surface area contributed by atoms with Gasteiger partial charge in [-0.25, -0.2) is 0 Å². The molecule has 0 saturated heterocycles. The van der Waals surface area contributed by atoms with Crippen LogP contribution in [0, 0.1) is 0 Å². The van der Waals surface area contributed by atoms with Gasteiger partial charge in [0.05, 0.1) is 0 Å². The van der Waals surface area contributed by atoms with Crippen molar-refractivity contribution in [3.05, 3.63) is 48.7 Å². The van der Waals surface area contributed by atoms with E-state index in [2.05, 4.69) is 22.2 Å². The van der Waals surface area contributed by atoms with Crippen molar-refractivity contribution < 1.29 is 9.59 Å². The molecule has 3 N–H and O–H groups in total. The fraction of sp³-hybridized carbons (Fsp3) is 0.250. The molecule has 0 saturated carbocycles. The quantitative estimate of drug-likeness (QED) is 0.704. The van der Waals surface area contributed by atoms with Gasteiger partial charge in [0.15, 0.2) is 0 Å². The predicted molar refractivity (Wildman–Crippen MR) is 82.8 cm³/mol. The summed E-state index contributed by atoms with van der Waals surface area (Å²) in [6.45, 7) is 5.35. The van der Waals surface area contributed by atoms with Crippen molar-refractivity contribution in [2.45, 2.75) is 19.4 Å². The Morgan fingerprint density at radius 3 is 2.86 bits per heavy atom. The molecule has 0 fully saturated rings. The molecule has 2 aromatic rings. The summed E-state index contributed by atoms with van der Waals surface area (Å²) in [4.78, 5) is 26.6. The van der Waals surface area contributed by atoms with Crippen molar-refractivity contribution in [2.24, 2.45) is 0 Å². The minimum absolute atomic E-state index is 0.213. The maximum Gasteiger partial charge on any atom is 0.243 e. The summed E-state index contributed by atoms with van der Waals surface area (Å²) in [5.74, 6) is -0.441. The summed E-state index contributed by atoms with van der Waals surface area (Å²) in [6.07, 6.45) is 3.92. The van der Waals surface area contributed by atoms with E-state index in [0.717, 1.165) is 16.5 Å². The summed E-state index contributed by atoms with van der Waals surface area (Å²) in [6, 6.07) is 7.27. The summed E-state index contributed by atoms with van der Waals surface area (Å²) in [5.41, 5.74) is 2.01. The molecular weight excluding hydrogens is 266 g/mol. The van der Waals surface area contributed by atoms with Crippen LogP contribution in [-0.4, -0.2) is 29.4 Å². The monoisotopic (exact) mass is 285 g/mol. The van der Waals surface area contributed by atoms with Gasteiger partial charge in [0, 0.05) is 37.0 Å². The number of aromatic amines is 1. The van der Waals surface area contributed by atoms with Crippen molar-refractivity contribution in [3.63, 3.8) is 0 Å². The van der Waals surface area contributed by atoms with Crippen molar-refractivity contribution >= 4 is 22.7 Å². The second kappa shape index (κ2) is 6.74. The average Bonchev–Trinajstić information content (AvgIpc) is 2.87. The van der Waals surface area contributed by atoms with Gasteiger partial charge in [-0.05, 0) is 11.6 Å². The van der Waals surface area contributed by atoms with Crippen molar-refractivity contribution in [3.8, 4) is 0 Å². The smallest absolute Gasteiger partial charge is 0.243 e. The molecule has 5 nitrogen and oxygen atoms in total. The van der Waals surface area contributed by atoms with Gasteiger partial charge in [-0.3, -0.25) is 9.59 Å². The molecular formula is C16H19N3O2. The number of aromatic nitrogens is 1. The SMILES string of the molecule is C=CCNC(=O)[C@@H](Cc1c[nH]c2ccccc12)NC(C)=O. The molecule has 0 bridgehead atoms. The van der Waals surface area contributed by atoms with E-state index in [9.17, 15) is 9.59 Å². The molecule has 110 valence electrons. The van der Waals surface area contributed by atoms with Gasteiger partial charge in [0.25, 0.3) is 0 Å². The van der Waals surface area contributed by atoms with Crippen LogP contribution in [-0.2, 0) is 16.0 Å². The van der Waals surface area contributed by atoms with E-state index in [-0.39, 0.29) is 11.8 Å². The van der Waals surface area contributed by atoms with Gasteiger partial charge in [0.1, 0.15) is 6.04 Å². The Labute approximate surface area is 123 Å². The fourth-order valence-electron chi connectivity index (χ4n) is 2.27. The minimum Gasteiger partial charge on any atom is -0.361 e. The van der Waals surface area contributed by atoms with Crippen LogP contribution in [0.5, 0.6) is 0 Å². The Kier molecular flexibility index (Phi) is 4.77. The summed E-state index contributed by atoms with van der Waals surface area (Å²) in [5, 5.41) is 6.47. The fourth-order valence-corrected chi connectivity index (χ4v) is 2.27. The predicted octanol–water partition coefficient (Wildman–Crippen LogP) is 1.52. The molecule has 0 aliphatic heterocycles. The molecule has 2 rings (SSSR count). The van der Waals surface area contributed by atoms with E-state index >= 15 is 0 Å². The van der Waals surface area contributed by atoms with Crippen molar-refractivity contribution in [1.29, 1.82) is 0 Å². The minimum atomic E-state index is -0.596. The van der Waals surface area contributed by atoms with E-state index in [1.54, 1.807) is 6.08 Å². The third kappa shape index (κ3) is 3.72. The van der Waals surface area contributed by atoms with Gasteiger partial charge in [-0.2, -0.15) is 0 Å². The Morgan fingerprint density at radius 2 is 2.14 bits per heavy atom. The Hall–Kier alpha value is -2.56. The molecule has 0 radical (unpaired) electrons. The third-order valence-electron chi connectivity index (χ3n) is 3.21. The van der Waals surface area contributed by atoms with E-state index in [0.29, 0.717) is 13.0 Å². The normalized spacial score (nSPS) is 11.9. The molecule has 2 amide bonds. The average molecular weight is 285 g/mol. The van der Waals surface area contributed by atoms with Crippen LogP contribution in [0.4, 0.5) is 0 Å². The standard InChI is InChI=1S/C16H19N3O2/c1-3-8-17-16(21)15(19-11(2)20)9-12-10-18-14-7-5-4-6-13(12)14/h3-7,10,15,18H,1,8-9H2,2H3,(H,17,21)(H,19,20)/t15-/m1/s1. The van der Waals surface area contributed by atoms with Crippen LogP contribution in [0.15, 0.2) is 43.1 Å². The molecule has 0 spiro atoms. The highest BCUT2D eigenvalue weighted by Crippen LogP contribution is 2.19. The summed E-state index contributed by atoms with van der Waals surface area (Å²) >= 11 is 0. The lowest BCUT2D eigenvalue weighted by molar-refractivity contribution is -0.127. The lowest BCUT2D eigenvalue weighted by Gasteiger charge is -2.16. The second-order valence-corrected chi connectivity index (χ2v) is 4.85. The number of nitrogens with one attached hydrogen (secondary N) is 3. The van der Waals surface area contributed by atoms with E-state index < -0.39 is 6.04 Å². The summed E-state index contributed by atoms with van der Waals surface area (Å²) < 4.78 is 0. The number of hydrogen-bond acceptors (Lipinski definition) is 2. The number of rotatable bonds is 6. The molecule has 1 heterocycles. The molecule has 0 unspecified atom stereocenters. The molecule has 1 aromatic heterocycles. The number of carbonyl (C=O) groups excluding carboxylic acids is 2. The molecule has 1 aromatic carbocycles. The van der Waals surface area contributed by atoms with Crippen LogP contribution in [0.3, 0.4) is 0 Å². The number of para-hydroxylation sites is 1. The third-order valence-corrected chi connectivity index (χ3v) is 3.21. The van der Waals surface area contributed by atoms with Gasteiger partial charge in [-0.15, -0.1) is 6.58 Å². The van der Waals surface area contributed by atoms with Gasteiger partial charge in [0.2, 0.25) is 11.8 Å². The zero-order valence-corrected chi connectivity index (χ0v) is 12.0. The Bertz CT molecular complexity index is 660. The highest BCUT2D eigenvalue weighted by Gasteiger charge is 2.20. The number of carbonyl (C=O) groups is 2. The number of hydrogen-bond donors (Lipinski definition) is 3.